The van der Waals surface area contributed by atoms with Crippen molar-refractivity contribution in [2.45, 2.75) is 32.2 Å². The van der Waals surface area contributed by atoms with Crippen LogP contribution in [0.4, 0.5) is 0 Å². The Bertz CT molecular complexity index is 1230. The van der Waals surface area contributed by atoms with Gasteiger partial charge in [0.05, 0.1) is 19.9 Å². The van der Waals surface area contributed by atoms with Gasteiger partial charge in [0.15, 0.2) is 23.8 Å². The second kappa shape index (κ2) is 9.21. The van der Waals surface area contributed by atoms with Crippen LogP contribution >= 0.6 is 0 Å². The van der Waals surface area contributed by atoms with E-state index >= 15 is 0 Å². The molecule has 0 fully saturated rings. The van der Waals surface area contributed by atoms with E-state index in [1.54, 1.807) is 19.1 Å². The van der Waals surface area contributed by atoms with Crippen LogP contribution in [0.1, 0.15) is 39.3 Å². The van der Waals surface area contributed by atoms with E-state index in [0.717, 1.165) is 47.3 Å². The van der Waals surface area contributed by atoms with E-state index in [-0.39, 0.29) is 12.5 Å². The largest absolute Gasteiger partial charge is 0.493 e. The molecule has 8 heteroatoms. The maximum atomic E-state index is 12.9. The SMILES string of the molecule is COc1cc2c(cc1OC)CN(C(=O)COC(=O)c1nn(-c3ccccc3)c3c1CCC3)CC2. The fourth-order valence-corrected chi connectivity index (χ4v) is 4.77. The van der Waals surface area contributed by atoms with Gasteiger partial charge in [-0.3, -0.25) is 4.79 Å². The van der Waals surface area contributed by atoms with E-state index in [9.17, 15) is 9.59 Å². The van der Waals surface area contributed by atoms with Crippen LogP contribution in [0.5, 0.6) is 11.5 Å². The lowest BCUT2D eigenvalue weighted by atomic mass is 9.99. The van der Waals surface area contributed by atoms with Crippen LogP contribution < -0.4 is 9.47 Å². The molecule has 0 N–H and O–H groups in total. The highest BCUT2D eigenvalue weighted by Gasteiger charge is 2.29. The molecule has 0 saturated heterocycles. The summed E-state index contributed by atoms with van der Waals surface area (Å²) in [6, 6.07) is 13.6. The molecular weight excluding hydrogens is 434 g/mol. The summed E-state index contributed by atoms with van der Waals surface area (Å²) >= 11 is 0. The molecule has 2 aliphatic rings. The first-order valence-electron chi connectivity index (χ1n) is 11.4. The van der Waals surface area contributed by atoms with Crippen molar-refractivity contribution in [2.24, 2.45) is 0 Å². The number of hydrogen-bond donors (Lipinski definition) is 0. The zero-order chi connectivity index (χ0) is 23.7. The summed E-state index contributed by atoms with van der Waals surface area (Å²) in [6.07, 6.45) is 3.32. The Morgan fingerprint density at radius 1 is 0.971 bits per heavy atom. The van der Waals surface area contributed by atoms with E-state index in [1.165, 1.54) is 0 Å². The number of aromatic nitrogens is 2. The molecule has 1 aliphatic heterocycles. The molecule has 0 unspecified atom stereocenters. The Labute approximate surface area is 198 Å². The number of fused-ring (bicyclic) bond motifs is 2. The van der Waals surface area contributed by atoms with E-state index < -0.39 is 5.97 Å². The maximum absolute atomic E-state index is 12.9. The van der Waals surface area contributed by atoms with E-state index in [0.29, 0.717) is 36.7 Å². The normalized spacial score (nSPS) is 14.4. The molecule has 0 atom stereocenters. The zero-order valence-corrected chi connectivity index (χ0v) is 19.4. The molecule has 2 aromatic carbocycles. The first-order chi connectivity index (χ1) is 16.6. The third-order valence-corrected chi connectivity index (χ3v) is 6.52. The molecule has 0 saturated carbocycles. The Morgan fingerprint density at radius 2 is 1.71 bits per heavy atom. The van der Waals surface area contributed by atoms with Gasteiger partial charge >= 0.3 is 5.97 Å². The number of amides is 1. The number of esters is 1. The summed E-state index contributed by atoms with van der Waals surface area (Å²) in [6.45, 7) is 0.676. The van der Waals surface area contributed by atoms with Gasteiger partial charge in [0.25, 0.3) is 5.91 Å². The number of methoxy groups -OCH3 is 2. The molecule has 1 aliphatic carbocycles. The van der Waals surface area contributed by atoms with Gasteiger partial charge in [0.1, 0.15) is 0 Å². The number of carbonyl (C=O) groups is 2. The van der Waals surface area contributed by atoms with Crippen molar-refractivity contribution in [3.8, 4) is 17.2 Å². The second-order valence-corrected chi connectivity index (χ2v) is 8.49. The number of nitrogens with zero attached hydrogens (tertiary/aromatic N) is 3. The van der Waals surface area contributed by atoms with Crippen molar-refractivity contribution in [3.05, 3.63) is 70.5 Å². The fourth-order valence-electron chi connectivity index (χ4n) is 4.77. The van der Waals surface area contributed by atoms with E-state index in [1.807, 2.05) is 47.1 Å². The van der Waals surface area contributed by atoms with Gasteiger partial charge in [-0.2, -0.15) is 5.10 Å². The van der Waals surface area contributed by atoms with Crippen LogP contribution in [0.2, 0.25) is 0 Å². The summed E-state index contributed by atoms with van der Waals surface area (Å²) in [5, 5.41) is 4.55. The molecule has 0 spiro atoms. The van der Waals surface area contributed by atoms with Crippen LogP contribution in [-0.4, -0.2) is 53.9 Å². The molecule has 8 nitrogen and oxygen atoms in total. The number of carbonyl (C=O) groups excluding carboxylic acids is 2. The van der Waals surface area contributed by atoms with Gasteiger partial charge in [-0.15, -0.1) is 0 Å². The molecule has 1 aromatic heterocycles. The average Bonchev–Trinajstić information content (AvgIpc) is 3.49. The Morgan fingerprint density at radius 3 is 2.44 bits per heavy atom. The molecule has 176 valence electrons. The van der Waals surface area contributed by atoms with Crippen molar-refractivity contribution in [2.75, 3.05) is 27.4 Å². The molecule has 1 amide bonds. The van der Waals surface area contributed by atoms with Crippen molar-refractivity contribution >= 4 is 11.9 Å². The third kappa shape index (κ3) is 4.00. The summed E-state index contributed by atoms with van der Waals surface area (Å²) in [7, 11) is 3.20. The Balaban J connectivity index is 1.27. The van der Waals surface area contributed by atoms with Gasteiger partial charge in [-0.05, 0) is 61.1 Å². The van der Waals surface area contributed by atoms with Gasteiger partial charge < -0.3 is 19.1 Å². The van der Waals surface area contributed by atoms with E-state index in [4.69, 9.17) is 14.2 Å². The van der Waals surface area contributed by atoms with Gasteiger partial charge in [-0.25, -0.2) is 9.48 Å². The Kier molecular flexibility index (Phi) is 5.96. The minimum Gasteiger partial charge on any atom is -0.493 e. The van der Waals surface area contributed by atoms with Gasteiger partial charge in [0.2, 0.25) is 0 Å². The lowest BCUT2D eigenvalue weighted by Gasteiger charge is -2.29. The molecule has 2 heterocycles. The van der Waals surface area contributed by atoms with Crippen molar-refractivity contribution < 1.29 is 23.8 Å². The van der Waals surface area contributed by atoms with Crippen molar-refractivity contribution in [1.82, 2.24) is 14.7 Å². The number of hydrogen-bond acceptors (Lipinski definition) is 6. The average molecular weight is 462 g/mol. The summed E-state index contributed by atoms with van der Waals surface area (Å²) in [5.41, 5.74) is 5.32. The highest BCUT2D eigenvalue weighted by atomic mass is 16.5. The maximum Gasteiger partial charge on any atom is 0.359 e. The first-order valence-corrected chi connectivity index (χ1v) is 11.4. The fraction of sp³-hybridized carbons (Fsp3) is 0.346. The number of para-hydroxylation sites is 1. The van der Waals surface area contributed by atoms with Crippen LogP contribution in [0.3, 0.4) is 0 Å². The monoisotopic (exact) mass is 461 g/mol. The third-order valence-electron chi connectivity index (χ3n) is 6.52. The second-order valence-electron chi connectivity index (χ2n) is 8.49. The van der Waals surface area contributed by atoms with Crippen LogP contribution in [0.15, 0.2) is 42.5 Å². The highest BCUT2D eigenvalue weighted by Crippen LogP contribution is 2.33. The van der Waals surface area contributed by atoms with Crippen LogP contribution in [-0.2, 0) is 35.3 Å². The number of benzene rings is 2. The van der Waals surface area contributed by atoms with Gasteiger partial charge in [-0.1, -0.05) is 18.2 Å². The molecule has 3 aromatic rings. The molecule has 0 bridgehead atoms. The zero-order valence-electron chi connectivity index (χ0n) is 19.4. The summed E-state index contributed by atoms with van der Waals surface area (Å²) < 4.78 is 18.0. The summed E-state index contributed by atoms with van der Waals surface area (Å²) in [5.74, 6) is 0.528. The quantitative estimate of drug-likeness (QED) is 0.525. The predicted octanol–water partition coefficient (Wildman–Crippen LogP) is 3.12. The molecule has 0 radical (unpaired) electrons. The Hall–Kier alpha value is -3.81. The molecular formula is C26H27N3O5. The molecule has 5 rings (SSSR count). The highest BCUT2D eigenvalue weighted by molar-refractivity contribution is 5.91. The van der Waals surface area contributed by atoms with Crippen LogP contribution in [0, 0.1) is 0 Å². The smallest absolute Gasteiger partial charge is 0.359 e. The van der Waals surface area contributed by atoms with Gasteiger partial charge in [0, 0.05) is 24.3 Å². The van der Waals surface area contributed by atoms with Crippen LogP contribution in [0.25, 0.3) is 5.69 Å². The minimum atomic E-state index is -0.551. The first kappa shape index (κ1) is 22.0. The number of rotatable bonds is 6. The van der Waals surface area contributed by atoms with E-state index in [2.05, 4.69) is 5.10 Å². The lowest BCUT2D eigenvalue weighted by Crippen LogP contribution is -2.38. The summed E-state index contributed by atoms with van der Waals surface area (Å²) in [4.78, 5) is 27.4. The minimum absolute atomic E-state index is 0.229. The standard InChI is InChI=1S/C26H27N3O5/c1-32-22-13-17-11-12-28(15-18(17)14-23(22)33-2)24(30)16-34-26(31)25-20-9-6-10-21(20)29(27-25)19-7-4-3-5-8-19/h3-5,7-8,13-14H,6,9-12,15-16H2,1-2H3. The molecule has 34 heavy (non-hydrogen) atoms. The van der Waals surface area contributed by atoms with Crippen molar-refractivity contribution in [1.29, 1.82) is 0 Å². The number of ether oxygens (including phenoxy) is 3. The van der Waals surface area contributed by atoms with Crippen molar-refractivity contribution in [3.63, 3.8) is 0 Å². The lowest BCUT2D eigenvalue weighted by molar-refractivity contribution is -0.135. The predicted molar refractivity (Wildman–Crippen MR) is 125 cm³/mol. The topological polar surface area (TPSA) is 82.9 Å².